The molecule has 0 radical (unpaired) electrons. The summed E-state index contributed by atoms with van der Waals surface area (Å²) in [6.45, 7) is 10.9. The van der Waals surface area contributed by atoms with Crippen LogP contribution in [-0.2, 0) is 12.0 Å². The smallest absolute Gasteiger partial charge is 0.273 e. The highest BCUT2D eigenvalue weighted by atomic mass is 35.5. The second-order valence-corrected chi connectivity index (χ2v) is 11.1. The van der Waals surface area contributed by atoms with Crippen molar-refractivity contribution in [1.29, 1.82) is 0 Å². The molecule has 0 aliphatic carbocycles. The quantitative estimate of drug-likeness (QED) is 0.314. The maximum absolute atomic E-state index is 13.7. The van der Waals surface area contributed by atoms with Gasteiger partial charge < -0.3 is 10.0 Å². The van der Waals surface area contributed by atoms with Gasteiger partial charge in [-0.25, -0.2) is 0 Å². The Labute approximate surface area is 216 Å². The zero-order valence-corrected chi connectivity index (χ0v) is 21.9. The minimum atomic E-state index is -0.365. The number of aromatic hydroxyl groups is 1. The molecule has 5 rings (SSSR count). The lowest BCUT2D eigenvalue weighted by Crippen LogP contribution is -2.29. The lowest BCUT2D eigenvalue weighted by molar-refractivity contribution is 0.0730. The minimum absolute atomic E-state index is 0.0159. The third-order valence-electron chi connectivity index (χ3n) is 6.96. The predicted octanol–water partition coefficient (Wildman–Crippen LogP) is 7.10. The summed E-state index contributed by atoms with van der Waals surface area (Å²) in [6, 6.07) is 19.6. The van der Waals surface area contributed by atoms with E-state index in [1.54, 1.807) is 12.1 Å². The van der Waals surface area contributed by atoms with Crippen LogP contribution in [0, 0.1) is 13.8 Å². The summed E-state index contributed by atoms with van der Waals surface area (Å²) in [6.07, 6.45) is 0. The number of carbonyl (C=O) groups excluding carboxylic acids is 1. The zero-order chi connectivity index (χ0) is 25.8. The zero-order valence-electron chi connectivity index (χ0n) is 21.2. The number of nitrogens with one attached hydrogen (secondary N) is 1. The van der Waals surface area contributed by atoms with E-state index in [2.05, 4.69) is 79.5 Å². The molecule has 3 aromatic carbocycles. The summed E-state index contributed by atoms with van der Waals surface area (Å²) < 4.78 is 0. The van der Waals surface area contributed by atoms with Gasteiger partial charge in [0, 0.05) is 22.7 Å². The summed E-state index contributed by atoms with van der Waals surface area (Å²) in [5.41, 5.74) is 7.45. The monoisotopic (exact) mass is 499 g/mol. The van der Waals surface area contributed by atoms with Gasteiger partial charge in [0.2, 0.25) is 0 Å². The molecule has 0 spiro atoms. The van der Waals surface area contributed by atoms with Crippen molar-refractivity contribution < 1.29 is 9.90 Å². The molecule has 1 aliphatic rings. The van der Waals surface area contributed by atoms with E-state index in [-0.39, 0.29) is 23.1 Å². The number of rotatable bonds is 4. The highest BCUT2D eigenvalue weighted by molar-refractivity contribution is 6.31. The van der Waals surface area contributed by atoms with E-state index >= 15 is 0 Å². The molecular formula is C30H30ClN3O2. The Morgan fingerprint density at radius 1 is 1.03 bits per heavy atom. The average molecular weight is 500 g/mol. The lowest BCUT2D eigenvalue weighted by Gasteiger charge is -2.27. The molecular weight excluding hydrogens is 470 g/mol. The molecule has 6 heteroatoms. The van der Waals surface area contributed by atoms with Crippen LogP contribution < -0.4 is 0 Å². The number of amides is 1. The maximum atomic E-state index is 13.7. The first kappa shape index (κ1) is 24.1. The molecule has 184 valence electrons. The number of fused-ring (bicyclic) bond motifs is 1. The number of nitrogens with zero attached hydrogens (tertiary/aromatic N) is 2. The van der Waals surface area contributed by atoms with Gasteiger partial charge in [0.05, 0.1) is 6.04 Å². The third-order valence-corrected chi connectivity index (χ3v) is 7.37. The van der Waals surface area contributed by atoms with Gasteiger partial charge in [-0.3, -0.25) is 9.89 Å². The topological polar surface area (TPSA) is 69.2 Å². The van der Waals surface area contributed by atoms with Crippen molar-refractivity contribution >= 4 is 17.5 Å². The van der Waals surface area contributed by atoms with Crippen LogP contribution in [0.3, 0.4) is 0 Å². The summed E-state index contributed by atoms with van der Waals surface area (Å²) >= 11 is 6.42. The second kappa shape index (κ2) is 8.82. The molecule has 0 saturated carbocycles. The largest absolute Gasteiger partial charge is 0.507 e. The number of hydrogen-bond acceptors (Lipinski definition) is 3. The van der Waals surface area contributed by atoms with Gasteiger partial charge in [-0.15, -0.1) is 0 Å². The van der Waals surface area contributed by atoms with Crippen molar-refractivity contribution in [1.82, 2.24) is 15.1 Å². The number of phenolic OH excluding ortho intramolecular Hbond substituents is 1. The van der Waals surface area contributed by atoms with Crippen molar-refractivity contribution in [3.63, 3.8) is 0 Å². The SMILES string of the molecule is Cc1ccc(CN2C(=O)c3[nH]nc(-c4cc(Cl)c(C)cc4O)c3C2c2ccc(C(C)(C)C)cc2)cc1. The van der Waals surface area contributed by atoms with Crippen molar-refractivity contribution in [2.24, 2.45) is 0 Å². The van der Waals surface area contributed by atoms with Gasteiger partial charge in [0.25, 0.3) is 5.91 Å². The summed E-state index contributed by atoms with van der Waals surface area (Å²) in [7, 11) is 0. The molecule has 1 atom stereocenters. The number of benzene rings is 3. The lowest BCUT2D eigenvalue weighted by atomic mass is 9.85. The highest BCUT2D eigenvalue weighted by Crippen LogP contribution is 2.46. The van der Waals surface area contributed by atoms with Crippen molar-refractivity contribution in [2.45, 2.75) is 52.6 Å². The molecule has 0 saturated heterocycles. The van der Waals surface area contributed by atoms with E-state index in [0.717, 1.165) is 22.3 Å². The van der Waals surface area contributed by atoms with Crippen LogP contribution in [-0.4, -0.2) is 26.1 Å². The molecule has 5 nitrogen and oxygen atoms in total. The van der Waals surface area contributed by atoms with Gasteiger partial charge >= 0.3 is 0 Å². The van der Waals surface area contributed by atoms with Crippen LogP contribution in [0.1, 0.15) is 70.7 Å². The normalized spacial score (nSPS) is 15.4. The van der Waals surface area contributed by atoms with E-state index in [1.165, 1.54) is 11.1 Å². The van der Waals surface area contributed by atoms with Gasteiger partial charge in [-0.1, -0.05) is 86.5 Å². The Balaban J connectivity index is 1.66. The van der Waals surface area contributed by atoms with Crippen LogP contribution in [0.5, 0.6) is 5.75 Å². The molecule has 1 aliphatic heterocycles. The van der Waals surface area contributed by atoms with Gasteiger partial charge in [0.15, 0.2) is 0 Å². The fraction of sp³-hybridized carbons (Fsp3) is 0.267. The Morgan fingerprint density at radius 2 is 1.69 bits per heavy atom. The number of hydrogen-bond donors (Lipinski definition) is 2. The van der Waals surface area contributed by atoms with Crippen molar-refractivity contribution in [2.75, 3.05) is 0 Å². The van der Waals surface area contributed by atoms with Crippen LogP contribution in [0.15, 0.2) is 60.7 Å². The maximum Gasteiger partial charge on any atom is 0.273 e. The fourth-order valence-corrected chi connectivity index (χ4v) is 4.99. The Hall–Kier alpha value is -3.57. The minimum Gasteiger partial charge on any atom is -0.507 e. The standard InChI is InChI=1S/C30H30ClN3O2/c1-17-6-8-19(9-7-17)16-34-28(20-10-12-21(13-11-20)30(3,4)5)25-26(32-33-27(25)29(34)36)22-15-23(31)18(2)14-24(22)35/h6-15,28,35H,16H2,1-5H3,(H,32,33). The van der Waals surface area contributed by atoms with E-state index in [4.69, 9.17) is 11.6 Å². The van der Waals surface area contributed by atoms with Crippen molar-refractivity contribution in [3.8, 4) is 17.0 Å². The first-order valence-electron chi connectivity index (χ1n) is 12.1. The fourth-order valence-electron chi connectivity index (χ4n) is 4.82. The third kappa shape index (κ3) is 4.18. The van der Waals surface area contributed by atoms with Crippen molar-refractivity contribution in [3.05, 3.63) is 105 Å². The molecule has 1 aromatic heterocycles. The van der Waals surface area contributed by atoms with Gasteiger partial charge in [-0.2, -0.15) is 5.10 Å². The number of phenols is 1. The molecule has 2 N–H and O–H groups in total. The number of carbonyl (C=O) groups is 1. The Morgan fingerprint density at radius 3 is 2.33 bits per heavy atom. The van der Waals surface area contributed by atoms with Crippen LogP contribution in [0.2, 0.25) is 5.02 Å². The summed E-state index contributed by atoms with van der Waals surface area (Å²) in [5.74, 6) is -0.0376. The number of H-pyrrole nitrogens is 1. The van der Waals surface area contributed by atoms with E-state index in [0.29, 0.717) is 28.5 Å². The Bertz CT molecular complexity index is 1450. The van der Waals surface area contributed by atoms with Crippen LogP contribution in [0.4, 0.5) is 0 Å². The molecule has 2 heterocycles. The number of aromatic nitrogens is 2. The van der Waals surface area contributed by atoms with Crippen LogP contribution >= 0.6 is 11.6 Å². The van der Waals surface area contributed by atoms with E-state index in [1.807, 2.05) is 18.7 Å². The number of aromatic amines is 1. The first-order valence-corrected chi connectivity index (χ1v) is 12.5. The molecule has 1 unspecified atom stereocenters. The summed E-state index contributed by atoms with van der Waals surface area (Å²) in [4.78, 5) is 15.6. The molecule has 0 fully saturated rings. The second-order valence-electron chi connectivity index (χ2n) is 10.7. The van der Waals surface area contributed by atoms with Crippen LogP contribution in [0.25, 0.3) is 11.3 Å². The first-order chi connectivity index (χ1) is 17.0. The van der Waals surface area contributed by atoms with Gasteiger partial charge in [0.1, 0.15) is 17.1 Å². The number of aryl methyl sites for hydroxylation is 2. The highest BCUT2D eigenvalue weighted by Gasteiger charge is 2.42. The number of halogens is 1. The molecule has 36 heavy (non-hydrogen) atoms. The summed E-state index contributed by atoms with van der Waals surface area (Å²) in [5, 5.41) is 18.8. The van der Waals surface area contributed by atoms with E-state index in [9.17, 15) is 9.90 Å². The molecule has 0 bridgehead atoms. The van der Waals surface area contributed by atoms with E-state index < -0.39 is 0 Å². The average Bonchev–Trinajstić information content (AvgIpc) is 3.36. The predicted molar refractivity (Wildman–Crippen MR) is 143 cm³/mol. The molecule has 1 amide bonds. The molecule has 4 aromatic rings. The van der Waals surface area contributed by atoms with Gasteiger partial charge in [-0.05, 0) is 53.6 Å². The Kier molecular flexibility index (Phi) is 5.92.